The highest BCUT2D eigenvalue weighted by Gasteiger charge is 2.29. The van der Waals surface area contributed by atoms with E-state index < -0.39 is 18.5 Å². The number of carbonyl (C=O) groups excluding carboxylic acids is 3. The quantitative estimate of drug-likeness (QED) is 0.682. The van der Waals surface area contributed by atoms with Crippen LogP contribution < -0.4 is 10.2 Å². The van der Waals surface area contributed by atoms with Crippen LogP contribution in [0.3, 0.4) is 0 Å². The number of nitrogens with zero attached hydrogens (tertiary/aromatic N) is 2. The predicted octanol–water partition coefficient (Wildman–Crippen LogP) is 2.87. The second-order valence-electron chi connectivity index (χ2n) is 7.40. The van der Waals surface area contributed by atoms with E-state index in [0.717, 1.165) is 41.4 Å². The standard InChI is InChI=1S/C23H19N3O4/c27-20-12-26(19-11-4-3-9-18(19)25-20)21(28)13-30-23(29)22-14-6-1-2-8-16(14)24-17-10-5-7-15(17)22/h1-4,6,8-9,11H,5,7,10,12-13H2,(H,25,27). The molecule has 7 heteroatoms. The van der Waals surface area contributed by atoms with Gasteiger partial charge >= 0.3 is 5.97 Å². The number of esters is 1. The van der Waals surface area contributed by atoms with E-state index in [9.17, 15) is 14.4 Å². The second-order valence-corrected chi connectivity index (χ2v) is 7.40. The Labute approximate surface area is 172 Å². The maximum Gasteiger partial charge on any atom is 0.339 e. The van der Waals surface area contributed by atoms with Crippen LogP contribution in [0.2, 0.25) is 0 Å². The molecule has 1 aliphatic carbocycles. The number of nitrogens with one attached hydrogen (secondary N) is 1. The van der Waals surface area contributed by atoms with E-state index in [4.69, 9.17) is 4.74 Å². The first-order chi connectivity index (χ1) is 14.6. The van der Waals surface area contributed by atoms with Gasteiger partial charge in [-0.1, -0.05) is 30.3 Å². The highest BCUT2D eigenvalue weighted by molar-refractivity contribution is 6.11. The number of ether oxygens (including phenoxy) is 1. The molecule has 1 aliphatic heterocycles. The number of hydrogen-bond acceptors (Lipinski definition) is 5. The maximum atomic E-state index is 13.0. The molecule has 0 bridgehead atoms. The average Bonchev–Trinajstić information content (AvgIpc) is 3.22. The van der Waals surface area contributed by atoms with Crippen molar-refractivity contribution in [3.8, 4) is 0 Å². The predicted molar refractivity (Wildman–Crippen MR) is 111 cm³/mol. The van der Waals surface area contributed by atoms with Gasteiger partial charge in [0.1, 0.15) is 6.54 Å². The first-order valence-electron chi connectivity index (χ1n) is 9.88. The SMILES string of the molecule is O=C1CN(C(=O)COC(=O)c2c3c(nc4ccccc24)CCC3)c2ccccc2N1. The molecule has 0 spiro atoms. The summed E-state index contributed by atoms with van der Waals surface area (Å²) in [6.45, 7) is -0.549. The molecule has 150 valence electrons. The first kappa shape index (κ1) is 18.3. The van der Waals surface area contributed by atoms with Crippen molar-refractivity contribution in [3.05, 3.63) is 65.4 Å². The summed E-state index contributed by atoms with van der Waals surface area (Å²) in [6.07, 6.45) is 2.54. The average molecular weight is 401 g/mol. The van der Waals surface area contributed by atoms with Gasteiger partial charge in [-0.15, -0.1) is 0 Å². The molecule has 7 nitrogen and oxygen atoms in total. The van der Waals surface area contributed by atoms with Crippen LogP contribution in [-0.2, 0) is 27.2 Å². The number of amides is 2. The molecule has 2 amide bonds. The number of fused-ring (bicyclic) bond motifs is 3. The molecule has 2 aromatic carbocycles. The Hall–Kier alpha value is -3.74. The highest BCUT2D eigenvalue weighted by atomic mass is 16.5. The minimum atomic E-state index is -0.533. The van der Waals surface area contributed by atoms with Crippen molar-refractivity contribution in [2.75, 3.05) is 23.4 Å². The summed E-state index contributed by atoms with van der Waals surface area (Å²) >= 11 is 0. The number of pyridine rings is 1. The molecule has 0 saturated carbocycles. The summed E-state index contributed by atoms with van der Waals surface area (Å²) in [5, 5.41) is 3.47. The normalized spacial score (nSPS) is 14.8. The number of anilines is 2. The van der Waals surface area contributed by atoms with Crippen molar-refractivity contribution in [1.29, 1.82) is 0 Å². The number of benzene rings is 2. The van der Waals surface area contributed by atoms with Crippen LogP contribution in [0.5, 0.6) is 0 Å². The Balaban J connectivity index is 1.40. The fourth-order valence-electron chi connectivity index (χ4n) is 4.18. The van der Waals surface area contributed by atoms with Gasteiger partial charge in [0.05, 0.1) is 22.5 Å². The zero-order valence-electron chi connectivity index (χ0n) is 16.2. The van der Waals surface area contributed by atoms with E-state index in [1.807, 2.05) is 24.3 Å². The molecule has 5 rings (SSSR count). The van der Waals surface area contributed by atoms with Gasteiger partial charge in [0.2, 0.25) is 5.91 Å². The van der Waals surface area contributed by atoms with Gasteiger partial charge in [-0.3, -0.25) is 19.5 Å². The van der Waals surface area contributed by atoms with E-state index in [1.54, 1.807) is 24.3 Å². The number of rotatable bonds is 3. The van der Waals surface area contributed by atoms with Gasteiger partial charge in [0.15, 0.2) is 6.61 Å². The molecule has 0 atom stereocenters. The molecular weight excluding hydrogens is 382 g/mol. The van der Waals surface area contributed by atoms with Crippen LogP contribution in [0, 0.1) is 0 Å². The minimum Gasteiger partial charge on any atom is -0.452 e. The third-order valence-corrected chi connectivity index (χ3v) is 5.52. The van der Waals surface area contributed by atoms with Gasteiger partial charge in [-0.2, -0.15) is 0 Å². The monoisotopic (exact) mass is 401 g/mol. The van der Waals surface area contributed by atoms with E-state index in [0.29, 0.717) is 16.9 Å². The van der Waals surface area contributed by atoms with Crippen molar-refractivity contribution >= 4 is 40.1 Å². The minimum absolute atomic E-state index is 0.110. The molecule has 0 radical (unpaired) electrons. The molecule has 2 aliphatic rings. The topological polar surface area (TPSA) is 88.6 Å². The Morgan fingerprint density at radius 3 is 2.77 bits per heavy atom. The number of carbonyl (C=O) groups is 3. The van der Waals surface area contributed by atoms with E-state index in [-0.39, 0.29) is 12.5 Å². The van der Waals surface area contributed by atoms with E-state index in [1.165, 1.54) is 4.90 Å². The van der Waals surface area contributed by atoms with Crippen molar-refractivity contribution < 1.29 is 19.1 Å². The summed E-state index contributed by atoms with van der Waals surface area (Å²) in [5.74, 6) is -1.26. The lowest BCUT2D eigenvalue weighted by Gasteiger charge is -2.28. The van der Waals surface area contributed by atoms with Crippen molar-refractivity contribution in [2.45, 2.75) is 19.3 Å². The van der Waals surface area contributed by atoms with Crippen LogP contribution in [0.15, 0.2) is 48.5 Å². The molecular formula is C23H19N3O4. The molecule has 1 aromatic heterocycles. The Morgan fingerprint density at radius 1 is 1.07 bits per heavy atom. The molecule has 0 fully saturated rings. The fourth-order valence-corrected chi connectivity index (χ4v) is 4.18. The Bertz CT molecular complexity index is 1200. The number of hydrogen-bond donors (Lipinski definition) is 1. The van der Waals surface area contributed by atoms with Crippen LogP contribution in [-0.4, -0.2) is 35.9 Å². The molecule has 2 heterocycles. The molecule has 0 saturated heterocycles. The van der Waals surface area contributed by atoms with Crippen molar-refractivity contribution in [1.82, 2.24) is 4.98 Å². The zero-order chi connectivity index (χ0) is 20.7. The number of para-hydroxylation sites is 3. The highest BCUT2D eigenvalue weighted by Crippen LogP contribution is 2.31. The Morgan fingerprint density at radius 2 is 1.87 bits per heavy atom. The summed E-state index contributed by atoms with van der Waals surface area (Å²) in [4.78, 5) is 43.8. The molecule has 3 aromatic rings. The lowest BCUT2D eigenvalue weighted by Crippen LogP contribution is -2.44. The summed E-state index contributed by atoms with van der Waals surface area (Å²) in [6, 6.07) is 14.5. The van der Waals surface area contributed by atoms with E-state index >= 15 is 0 Å². The van der Waals surface area contributed by atoms with Gasteiger partial charge in [0.25, 0.3) is 5.91 Å². The van der Waals surface area contributed by atoms with Crippen LogP contribution in [0.4, 0.5) is 11.4 Å². The van der Waals surface area contributed by atoms with Gasteiger partial charge in [-0.25, -0.2) is 4.79 Å². The van der Waals surface area contributed by atoms with Gasteiger partial charge in [-0.05, 0) is 43.0 Å². The zero-order valence-corrected chi connectivity index (χ0v) is 16.2. The summed E-state index contributed by atoms with van der Waals surface area (Å²) in [7, 11) is 0. The third kappa shape index (κ3) is 3.08. The second kappa shape index (κ2) is 7.26. The van der Waals surface area contributed by atoms with Crippen LogP contribution >= 0.6 is 0 Å². The van der Waals surface area contributed by atoms with Crippen molar-refractivity contribution in [3.63, 3.8) is 0 Å². The lowest BCUT2D eigenvalue weighted by atomic mass is 10.0. The number of aromatic nitrogens is 1. The largest absolute Gasteiger partial charge is 0.452 e. The van der Waals surface area contributed by atoms with Crippen LogP contribution in [0.25, 0.3) is 10.9 Å². The number of aryl methyl sites for hydroxylation is 1. The van der Waals surface area contributed by atoms with Crippen LogP contribution in [0.1, 0.15) is 28.0 Å². The summed E-state index contributed by atoms with van der Waals surface area (Å²) in [5.41, 5.74) is 4.23. The fraction of sp³-hybridized carbons (Fsp3) is 0.217. The Kier molecular flexibility index (Phi) is 4.43. The molecule has 30 heavy (non-hydrogen) atoms. The smallest absolute Gasteiger partial charge is 0.339 e. The van der Waals surface area contributed by atoms with E-state index in [2.05, 4.69) is 10.3 Å². The molecule has 1 N–H and O–H groups in total. The maximum absolute atomic E-state index is 13.0. The van der Waals surface area contributed by atoms with Crippen molar-refractivity contribution in [2.24, 2.45) is 0 Å². The van der Waals surface area contributed by atoms with Gasteiger partial charge in [0, 0.05) is 11.1 Å². The lowest BCUT2D eigenvalue weighted by molar-refractivity contribution is -0.124. The summed E-state index contributed by atoms with van der Waals surface area (Å²) < 4.78 is 5.44. The van der Waals surface area contributed by atoms with Gasteiger partial charge < -0.3 is 10.1 Å². The third-order valence-electron chi connectivity index (χ3n) is 5.52. The first-order valence-corrected chi connectivity index (χ1v) is 9.88. The molecule has 0 unspecified atom stereocenters.